The Balaban J connectivity index is 4.82. The first-order valence-electron chi connectivity index (χ1n) is 7.08. The number of hydrogen-bond donors (Lipinski definition) is 0. The van der Waals surface area contributed by atoms with Crippen LogP contribution in [0.3, 0.4) is 0 Å². The standard InChI is InChI=1S/C14H30O4/c1-7-15-13(16-8-2)12(11(5)6)14(17-9-3)18-10-4/h11-14H,7-10H2,1-6H3. The lowest BCUT2D eigenvalue weighted by atomic mass is 9.94. The van der Waals surface area contributed by atoms with Gasteiger partial charge in [0.05, 0.1) is 5.92 Å². The Hall–Kier alpha value is -0.160. The minimum atomic E-state index is -0.275. The molecule has 0 aliphatic rings. The molecule has 0 aromatic rings. The number of rotatable bonds is 11. The highest BCUT2D eigenvalue weighted by Crippen LogP contribution is 2.26. The van der Waals surface area contributed by atoms with E-state index in [1.807, 2.05) is 27.7 Å². The van der Waals surface area contributed by atoms with Gasteiger partial charge in [-0.15, -0.1) is 0 Å². The first-order chi connectivity index (χ1) is 8.62. The van der Waals surface area contributed by atoms with E-state index >= 15 is 0 Å². The van der Waals surface area contributed by atoms with Crippen molar-refractivity contribution < 1.29 is 18.9 Å². The molecule has 0 amide bonds. The van der Waals surface area contributed by atoms with Gasteiger partial charge in [-0.25, -0.2) is 0 Å². The van der Waals surface area contributed by atoms with Crippen molar-refractivity contribution in [3.8, 4) is 0 Å². The van der Waals surface area contributed by atoms with Crippen LogP contribution in [0.5, 0.6) is 0 Å². The van der Waals surface area contributed by atoms with Crippen molar-refractivity contribution in [1.29, 1.82) is 0 Å². The van der Waals surface area contributed by atoms with Crippen LogP contribution in [0.25, 0.3) is 0 Å². The fraction of sp³-hybridized carbons (Fsp3) is 1.00. The van der Waals surface area contributed by atoms with Gasteiger partial charge in [-0.2, -0.15) is 0 Å². The van der Waals surface area contributed by atoms with E-state index in [-0.39, 0.29) is 18.5 Å². The van der Waals surface area contributed by atoms with Gasteiger partial charge in [-0.1, -0.05) is 13.8 Å². The van der Waals surface area contributed by atoms with Gasteiger partial charge in [0.25, 0.3) is 0 Å². The largest absolute Gasteiger partial charge is 0.352 e. The van der Waals surface area contributed by atoms with Crippen LogP contribution in [0.1, 0.15) is 41.5 Å². The molecule has 4 heteroatoms. The van der Waals surface area contributed by atoms with Crippen molar-refractivity contribution in [2.75, 3.05) is 26.4 Å². The lowest BCUT2D eigenvalue weighted by molar-refractivity contribution is -0.256. The molecule has 0 atom stereocenters. The van der Waals surface area contributed by atoms with Crippen molar-refractivity contribution in [1.82, 2.24) is 0 Å². The Morgan fingerprint density at radius 1 is 0.611 bits per heavy atom. The molecule has 0 aromatic heterocycles. The van der Waals surface area contributed by atoms with E-state index in [1.54, 1.807) is 0 Å². The predicted octanol–water partition coefficient (Wildman–Crippen LogP) is 3.06. The smallest absolute Gasteiger partial charge is 0.165 e. The molecule has 0 N–H and O–H groups in total. The maximum Gasteiger partial charge on any atom is 0.165 e. The molecule has 0 heterocycles. The normalized spacial score (nSPS) is 12.3. The SMILES string of the molecule is CCOC(OCC)C(C(C)C)C(OCC)OCC. The van der Waals surface area contributed by atoms with Crippen molar-refractivity contribution in [3.63, 3.8) is 0 Å². The van der Waals surface area contributed by atoms with E-state index in [1.165, 1.54) is 0 Å². The van der Waals surface area contributed by atoms with Gasteiger partial charge in [-0.3, -0.25) is 0 Å². The second-order valence-corrected chi connectivity index (χ2v) is 4.38. The van der Waals surface area contributed by atoms with Crippen LogP contribution in [-0.4, -0.2) is 39.0 Å². The first-order valence-corrected chi connectivity index (χ1v) is 7.08. The summed E-state index contributed by atoms with van der Waals surface area (Å²) in [4.78, 5) is 0. The van der Waals surface area contributed by atoms with E-state index in [9.17, 15) is 0 Å². The van der Waals surface area contributed by atoms with E-state index in [0.29, 0.717) is 32.3 Å². The highest BCUT2D eigenvalue weighted by Gasteiger charge is 2.34. The summed E-state index contributed by atoms with van der Waals surface area (Å²) in [5.74, 6) is 0.431. The molecule has 110 valence electrons. The second kappa shape index (κ2) is 10.7. The molecule has 0 bridgehead atoms. The quantitative estimate of drug-likeness (QED) is 0.536. The Morgan fingerprint density at radius 2 is 0.889 bits per heavy atom. The van der Waals surface area contributed by atoms with Crippen LogP contribution in [-0.2, 0) is 18.9 Å². The lowest BCUT2D eigenvalue weighted by Gasteiger charge is -2.35. The van der Waals surface area contributed by atoms with Gasteiger partial charge in [0.15, 0.2) is 12.6 Å². The Labute approximate surface area is 112 Å². The van der Waals surface area contributed by atoms with Crippen molar-refractivity contribution in [2.24, 2.45) is 11.8 Å². The second-order valence-electron chi connectivity index (χ2n) is 4.38. The predicted molar refractivity (Wildman–Crippen MR) is 72.4 cm³/mol. The third-order valence-electron chi connectivity index (χ3n) is 2.72. The average molecular weight is 262 g/mol. The molecule has 0 spiro atoms. The van der Waals surface area contributed by atoms with Gasteiger partial charge in [0, 0.05) is 26.4 Å². The highest BCUT2D eigenvalue weighted by molar-refractivity contribution is 4.71. The Bertz CT molecular complexity index is 157. The summed E-state index contributed by atoms with van der Waals surface area (Å²) in [5, 5.41) is 0. The van der Waals surface area contributed by atoms with Crippen LogP contribution in [0.2, 0.25) is 0 Å². The molecule has 0 aliphatic carbocycles. The first kappa shape index (κ1) is 17.8. The van der Waals surface area contributed by atoms with Crippen LogP contribution in [0, 0.1) is 11.8 Å². The van der Waals surface area contributed by atoms with Crippen LogP contribution in [0.4, 0.5) is 0 Å². The minimum absolute atomic E-state index is 0.0739. The molecule has 0 radical (unpaired) electrons. The summed E-state index contributed by atoms with van der Waals surface area (Å²) >= 11 is 0. The molecule has 4 nitrogen and oxygen atoms in total. The molecule has 0 aliphatic heterocycles. The zero-order valence-corrected chi connectivity index (χ0v) is 12.8. The lowest BCUT2D eigenvalue weighted by Crippen LogP contribution is -2.42. The van der Waals surface area contributed by atoms with E-state index in [0.717, 1.165) is 0 Å². The summed E-state index contributed by atoms with van der Waals surface area (Å²) in [6.07, 6.45) is -0.550. The number of hydrogen-bond acceptors (Lipinski definition) is 4. The maximum absolute atomic E-state index is 5.70. The van der Waals surface area contributed by atoms with Crippen LogP contribution in [0.15, 0.2) is 0 Å². The van der Waals surface area contributed by atoms with Gasteiger partial charge < -0.3 is 18.9 Å². The maximum atomic E-state index is 5.70. The molecular weight excluding hydrogens is 232 g/mol. The summed E-state index contributed by atoms with van der Waals surface area (Å²) in [5.41, 5.74) is 0. The highest BCUT2D eigenvalue weighted by atomic mass is 16.7. The fourth-order valence-corrected chi connectivity index (χ4v) is 1.95. The third kappa shape index (κ3) is 6.14. The summed E-state index contributed by atoms with van der Waals surface area (Å²) in [7, 11) is 0. The summed E-state index contributed by atoms with van der Waals surface area (Å²) in [6.45, 7) is 14.7. The van der Waals surface area contributed by atoms with Gasteiger partial charge in [-0.05, 0) is 33.6 Å². The van der Waals surface area contributed by atoms with Crippen molar-refractivity contribution >= 4 is 0 Å². The Kier molecular flexibility index (Phi) is 10.6. The van der Waals surface area contributed by atoms with Crippen LogP contribution < -0.4 is 0 Å². The fourth-order valence-electron chi connectivity index (χ4n) is 1.95. The molecular formula is C14H30O4. The molecule has 0 aromatic carbocycles. The molecule has 0 fully saturated rings. The van der Waals surface area contributed by atoms with Gasteiger partial charge in [0.1, 0.15) is 0 Å². The van der Waals surface area contributed by atoms with Gasteiger partial charge >= 0.3 is 0 Å². The van der Waals surface area contributed by atoms with Crippen molar-refractivity contribution in [3.05, 3.63) is 0 Å². The minimum Gasteiger partial charge on any atom is -0.352 e. The Morgan fingerprint density at radius 3 is 1.06 bits per heavy atom. The molecule has 18 heavy (non-hydrogen) atoms. The average Bonchev–Trinajstić information content (AvgIpc) is 2.30. The van der Waals surface area contributed by atoms with Crippen LogP contribution >= 0.6 is 0 Å². The van der Waals surface area contributed by atoms with Crippen molar-refractivity contribution in [2.45, 2.75) is 54.1 Å². The summed E-state index contributed by atoms with van der Waals surface area (Å²) in [6, 6.07) is 0. The monoisotopic (exact) mass is 262 g/mol. The topological polar surface area (TPSA) is 36.9 Å². The third-order valence-corrected chi connectivity index (χ3v) is 2.72. The van der Waals surface area contributed by atoms with E-state index < -0.39 is 0 Å². The molecule has 0 saturated carbocycles. The van der Waals surface area contributed by atoms with Gasteiger partial charge in [0.2, 0.25) is 0 Å². The number of ether oxygens (including phenoxy) is 4. The zero-order chi connectivity index (χ0) is 14.0. The molecule has 0 saturated heterocycles. The molecule has 0 rings (SSSR count). The zero-order valence-electron chi connectivity index (χ0n) is 12.8. The van der Waals surface area contributed by atoms with E-state index in [2.05, 4.69) is 13.8 Å². The van der Waals surface area contributed by atoms with E-state index in [4.69, 9.17) is 18.9 Å². The molecule has 0 unspecified atom stereocenters. The summed E-state index contributed by atoms with van der Waals surface area (Å²) < 4.78 is 22.8.